The van der Waals surface area contributed by atoms with Crippen LogP contribution in [0.4, 0.5) is 0 Å². The summed E-state index contributed by atoms with van der Waals surface area (Å²) in [6.45, 7) is 1.06. The van der Waals surface area contributed by atoms with E-state index < -0.39 is 24.6 Å². The highest BCUT2D eigenvalue weighted by Gasteiger charge is 2.24. The van der Waals surface area contributed by atoms with Crippen LogP contribution >= 0.6 is 0 Å². The van der Waals surface area contributed by atoms with Crippen molar-refractivity contribution >= 4 is 11.9 Å². The molecule has 2 N–H and O–H groups in total. The summed E-state index contributed by atoms with van der Waals surface area (Å²) in [4.78, 5) is 27.2. The molecule has 1 unspecified atom stereocenters. The van der Waals surface area contributed by atoms with E-state index in [1.54, 1.807) is 4.57 Å². The van der Waals surface area contributed by atoms with E-state index in [1.807, 2.05) is 37.3 Å². The fraction of sp³-hybridized carbons (Fsp3) is 0.267. The molecular formula is C15H16N2O5. The molecule has 0 aliphatic rings. The van der Waals surface area contributed by atoms with Crippen LogP contribution in [0.1, 0.15) is 29.0 Å². The summed E-state index contributed by atoms with van der Waals surface area (Å²) in [5.74, 6) is -2.13. The molecule has 22 heavy (non-hydrogen) atoms. The van der Waals surface area contributed by atoms with Crippen molar-refractivity contribution in [3.63, 3.8) is 0 Å². The molecule has 0 radical (unpaired) electrons. The highest BCUT2D eigenvalue weighted by molar-refractivity contribution is 5.96. The minimum absolute atomic E-state index is 0.0786. The van der Waals surface area contributed by atoms with E-state index >= 15 is 0 Å². The average Bonchev–Trinajstić information content (AvgIpc) is 3.03. The van der Waals surface area contributed by atoms with Gasteiger partial charge in [0.05, 0.1) is 25.2 Å². The fourth-order valence-electron chi connectivity index (χ4n) is 1.95. The number of aliphatic hydroxyl groups excluding tert-OH is 2. The van der Waals surface area contributed by atoms with E-state index in [4.69, 9.17) is 10.2 Å². The van der Waals surface area contributed by atoms with Crippen LogP contribution in [0.25, 0.3) is 0 Å². The van der Waals surface area contributed by atoms with Crippen molar-refractivity contribution < 1.29 is 24.5 Å². The van der Waals surface area contributed by atoms with Gasteiger partial charge in [-0.05, 0) is 12.5 Å². The third-order valence-electron chi connectivity index (χ3n) is 3.21. The van der Waals surface area contributed by atoms with Crippen LogP contribution in [-0.2, 0) is 9.53 Å². The van der Waals surface area contributed by atoms with E-state index in [1.165, 1.54) is 12.5 Å². The SMILES string of the molecule is C[C@H](c1ccccc1)n1cncc1C(=O)OC(=O)C(O)CO. The van der Waals surface area contributed by atoms with Gasteiger partial charge in [-0.25, -0.2) is 14.6 Å². The number of hydrogen-bond acceptors (Lipinski definition) is 6. The summed E-state index contributed by atoms with van der Waals surface area (Å²) >= 11 is 0. The normalized spacial score (nSPS) is 13.4. The number of aromatic nitrogens is 2. The Morgan fingerprint density at radius 2 is 2.00 bits per heavy atom. The van der Waals surface area contributed by atoms with Gasteiger partial charge in [-0.2, -0.15) is 0 Å². The van der Waals surface area contributed by atoms with Crippen LogP contribution in [0.2, 0.25) is 0 Å². The highest BCUT2D eigenvalue weighted by Crippen LogP contribution is 2.19. The average molecular weight is 304 g/mol. The topological polar surface area (TPSA) is 102 Å². The molecule has 7 nitrogen and oxygen atoms in total. The molecule has 0 saturated heterocycles. The Morgan fingerprint density at radius 3 is 2.64 bits per heavy atom. The molecule has 1 heterocycles. The molecule has 2 rings (SSSR count). The van der Waals surface area contributed by atoms with Crippen molar-refractivity contribution in [1.82, 2.24) is 9.55 Å². The Hall–Kier alpha value is -2.51. The van der Waals surface area contributed by atoms with Crippen molar-refractivity contribution in [3.8, 4) is 0 Å². The van der Waals surface area contributed by atoms with Gasteiger partial charge in [0, 0.05) is 0 Å². The fourth-order valence-corrected chi connectivity index (χ4v) is 1.95. The minimum atomic E-state index is -1.74. The zero-order valence-corrected chi connectivity index (χ0v) is 11.9. The number of rotatable bonds is 5. The number of ether oxygens (including phenoxy) is 1. The first-order valence-electron chi connectivity index (χ1n) is 6.66. The Balaban J connectivity index is 2.19. The monoisotopic (exact) mass is 304 g/mol. The van der Waals surface area contributed by atoms with E-state index in [-0.39, 0.29) is 11.7 Å². The molecule has 0 aliphatic heterocycles. The Labute approximate surface area is 126 Å². The lowest BCUT2D eigenvalue weighted by atomic mass is 10.1. The lowest BCUT2D eigenvalue weighted by Gasteiger charge is -2.16. The molecule has 2 atom stereocenters. The molecule has 2 aromatic rings. The summed E-state index contributed by atoms with van der Waals surface area (Å²) in [5, 5.41) is 17.8. The maximum absolute atomic E-state index is 12.0. The number of hydrogen-bond donors (Lipinski definition) is 2. The lowest BCUT2D eigenvalue weighted by Crippen LogP contribution is -2.29. The van der Waals surface area contributed by atoms with E-state index in [2.05, 4.69) is 9.72 Å². The lowest BCUT2D eigenvalue weighted by molar-refractivity contribution is -0.149. The van der Waals surface area contributed by atoms with Crippen LogP contribution in [0.3, 0.4) is 0 Å². The second-order valence-corrected chi connectivity index (χ2v) is 4.68. The van der Waals surface area contributed by atoms with Gasteiger partial charge < -0.3 is 19.5 Å². The first-order valence-corrected chi connectivity index (χ1v) is 6.66. The van der Waals surface area contributed by atoms with Crippen molar-refractivity contribution in [3.05, 3.63) is 54.1 Å². The maximum Gasteiger partial charge on any atom is 0.364 e. The molecule has 0 fully saturated rings. The summed E-state index contributed by atoms with van der Waals surface area (Å²) in [7, 11) is 0. The zero-order valence-electron chi connectivity index (χ0n) is 11.9. The molecule has 0 spiro atoms. The summed E-state index contributed by atoms with van der Waals surface area (Å²) in [5.41, 5.74) is 1.03. The number of benzene rings is 1. The molecule has 7 heteroatoms. The molecule has 116 valence electrons. The predicted molar refractivity (Wildman–Crippen MR) is 76.0 cm³/mol. The highest BCUT2D eigenvalue weighted by atomic mass is 16.6. The number of esters is 2. The Bertz CT molecular complexity index is 653. The van der Waals surface area contributed by atoms with Crippen molar-refractivity contribution in [2.45, 2.75) is 19.1 Å². The van der Waals surface area contributed by atoms with Crippen molar-refractivity contribution in [1.29, 1.82) is 0 Å². The van der Waals surface area contributed by atoms with Gasteiger partial charge in [0.1, 0.15) is 5.69 Å². The van der Waals surface area contributed by atoms with Gasteiger partial charge in [0.2, 0.25) is 0 Å². The third kappa shape index (κ3) is 3.38. The summed E-state index contributed by atoms with van der Waals surface area (Å²) in [6.07, 6.45) is 0.994. The van der Waals surface area contributed by atoms with Crippen LogP contribution in [0.5, 0.6) is 0 Å². The second kappa shape index (κ2) is 6.97. The van der Waals surface area contributed by atoms with E-state index in [9.17, 15) is 9.59 Å². The zero-order chi connectivity index (χ0) is 16.1. The molecule has 0 saturated carbocycles. The first-order chi connectivity index (χ1) is 10.5. The Morgan fingerprint density at radius 1 is 1.32 bits per heavy atom. The number of aliphatic hydroxyl groups is 2. The number of carbonyl (C=O) groups excluding carboxylic acids is 2. The second-order valence-electron chi connectivity index (χ2n) is 4.68. The van der Waals surface area contributed by atoms with Crippen molar-refractivity contribution in [2.75, 3.05) is 6.61 Å². The Kier molecular flexibility index (Phi) is 5.03. The van der Waals surface area contributed by atoms with Crippen LogP contribution in [-0.4, -0.2) is 44.4 Å². The minimum Gasteiger partial charge on any atom is -0.393 e. The molecule has 1 aromatic carbocycles. The van der Waals surface area contributed by atoms with Gasteiger partial charge in [-0.15, -0.1) is 0 Å². The van der Waals surface area contributed by atoms with Crippen LogP contribution < -0.4 is 0 Å². The predicted octanol–water partition coefficient (Wildman–Crippen LogP) is 0.529. The number of nitrogens with zero attached hydrogens (tertiary/aromatic N) is 2. The van der Waals surface area contributed by atoms with E-state index in [0.717, 1.165) is 5.56 Å². The van der Waals surface area contributed by atoms with Gasteiger partial charge in [0.25, 0.3) is 0 Å². The summed E-state index contributed by atoms with van der Waals surface area (Å²) in [6, 6.07) is 9.25. The molecule has 0 amide bonds. The molecule has 0 bridgehead atoms. The largest absolute Gasteiger partial charge is 0.393 e. The summed E-state index contributed by atoms with van der Waals surface area (Å²) < 4.78 is 6.09. The van der Waals surface area contributed by atoms with Gasteiger partial charge in [0.15, 0.2) is 6.10 Å². The third-order valence-corrected chi connectivity index (χ3v) is 3.21. The van der Waals surface area contributed by atoms with E-state index in [0.29, 0.717) is 0 Å². The smallest absolute Gasteiger partial charge is 0.364 e. The quantitative estimate of drug-likeness (QED) is 0.617. The molecule has 1 aromatic heterocycles. The number of carbonyl (C=O) groups is 2. The van der Waals surface area contributed by atoms with Crippen molar-refractivity contribution in [2.24, 2.45) is 0 Å². The van der Waals surface area contributed by atoms with Crippen LogP contribution in [0, 0.1) is 0 Å². The number of imidazole rings is 1. The molecule has 0 aliphatic carbocycles. The first kappa shape index (κ1) is 15.9. The van der Waals surface area contributed by atoms with Gasteiger partial charge >= 0.3 is 11.9 Å². The standard InChI is InChI=1S/C15H16N2O5/c1-10(11-5-3-2-4-6-11)17-9-16-7-12(17)14(20)22-15(21)13(19)8-18/h2-7,9-10,13,18-19H,8H2,1H3/t10-,13?/m1/s1. The molecular weight excluding hydrogens is 288 g/mol. The van der Waals surface area contributed by atoms with Gasteiger partial charge in [-0.3, -0.25) is 0 Å². The maximum atomic E-state index is 12.0. The van der Waals surface area contributed by atoms with Gasteiger partial charge in [-0.1, -0.05) is 30.3 Å². The van der Waals surface area contributed by atoms with Crippen LogP contribution in [0.15, 0.2) is 42.9 Å².